The van der Waals surface area contributed by atoms with Crippen molar-refractivity contribution >= 4 is 11.9 Å². The van der Waals surface area contributed by atoms with Crippen LogP contribution in [0.1, 0.15) is 5.69 Å². The van der Waals surface area contributed by atoms with Crippen LogP contribution in [0.2, 0.25) is 0 Å². The molecule has 0 aliphatic carbocycles. The molecule has 0 radical (unpaired) electrons. The Morgan fingerprint density at radius 1 is 1.64 bits per heavy atom. The molecule has 6 heteroatoms. The van der Waals surface area contributed by atoms with E-state index in [1.54, 1.807) is 17.9 Å². The van der Waals surface area contributed by atoms with Gasteiger partial charge in [-0.3, -0.25) is 9.48 Å². The van der Waals surface area contributed by atoms with E-state index in [4.69, 9.17) is 5.11 Å². The van der Waals surface area contributed by atoms with Crippen molar-refractivity contribution in [2.24, 2.45) is 7.05 Å². The number of aromatic nitrogens is 2. The van der Waals surface area contributed by atoms with Crippen LogP contribution in [-0.2, 0) is 23.1 Å². The van der Waals surface area contributed by atoms with Gasteiger partial charge >= 0.3 is 11.9 Å². The first-order chi connectivity index (χ1) is 6.61. The maximum absolute atomic E-state index is 10.6. The molecule has 0 spiro atoms. The van der Waals surface area contributed by atoms with Crippen LogP contribution in [0.25, 0.3) is 0 Å². The maximum Gasteiger partial charge on any atom is 0.394 e. The second-order valence-electron chi connectivity index (χ2n) is 2.76. The van der Waals surface area contributed by atoms with Crippen LogP contribution in [-0.4, -0.2) is 33.3 Å². The van der Waals surface area contributed by atoms with Gasteiger partial charge in [-0.15, -0.1) is 0 Å². The minimum Gasteiger partial charge on any atom is -0.474 e. The molecule has 0 aromatic carbocycles. The minimum absolute atomic E-state index is 0.296. The molecule has 76 valence electrons. The van der Waals surface area contributed by atoms with Gasteiger partial charge in [-0.1, -0.05) is 0 Å². The number of carbonyl (C=O) groups excluding carboxylic acids is 1. The molecule has 1 aromatic rings. The van der Waals surface area contributed by atoms with E-state index in [0.717, 1.165) is 5.69 Å². The van der Waals surface area contributed by atoms with Gasteiger partial charge < -0.3 is 10.4 Å². The predicted octanol–water partition coefficient (Wildman–Crippen LogP) is -0.837. The molecular formula is C8H11N3O3. The van der Waals surface area contributed by atoms with Crippen molar-refractivity contribution in [3.8, 4) is 0 Å². The number of aryl methyl sites for hydroxylation is 1. The molecule has 1 rings (SSSR count). The van der Waals surface area contributed by atoms with Crippen LogP contribution >= 0.6 is 0 Å². The zero-order chi connectivity index (χ0) is 10.6. The van der Waals surface area contributed by atoms with E-state index in [9.17, 15) is 9.59 Å². The fraction of sp³-hybridized carbons (Fsp3) is 0.375. The number of nitrogens with one attached hydrogen (secondary N) is 1. The van der Waals surface area contributed by atoms with Gasteiger partial charge in [0.05, 0.1) is 0 Å². The van der Waals surface area contributed by atoms with Gasteiger partial charge in [-0.25, -0.2) is 4.79 Å². The summed E-state index contributed by atoms with van der Waals surface area (Å²) in [5.41, 5.74) is 0.940. The quantitative estimate of drug-likeness (QED) is 0.619. The molecule has 1 heterocycles. The summed E-state index contributed by atoms with van der Waals surface area (Å²) in [5.74, 6) is -2.44. The highest BCUT2D eigenvalue weighted by molar-refractivity contribution is 6.31. The van der Waals surface area contributed by atoms with Gasteiger partial charge in [0.2, 0.25) is 0 Å². The minimum atomic E-state index is -1.46. The molecule has 6 nitrogen and oxygen atoms in total. The summed E-state index contributed by atoms with van der Waals surface area (Å²) < 4.78 is 1.67. The van der Waals surface area contributed by atoms with Crippen LogP contribution in [0.3, 0.4) is 0 Å². The van der Waals surface area contributed by atoms with E-state index in [1.807, 2.05) is 6.07 Å². The average molecular weight is 197 g/mol. The van der Waals surface area contributed by atoms with Crippen LogP contribution in [0, 0.1) is 0 Å². The molecule has 0 fully saturated rings. The van der Waals surface area contributed by atoms with Crippen molar-refractivity contribution in [1.82, 2.24) is 15.1 Å². The number of carbonyl (C=O) groups is 2. The van der Waals surface area contributed by atoms with Crippen molar-refractivity contribution in [3.63, 3.8) is 0 Å². The number of amides is 1. The molecule has 0 saturated heterocycles. The first-order valence-electron chi connectivity index (χ1n) is 4.09. The third-order valence-electron chi connectivity index (χ3n) is 1.78. The summed E-state index contributed by atoms with van der Waals surface area (Å²) in [6.45, 7) is 0.296. The summed E-state index contributed by atoms with van der Waals surface area (Å²) >= 11 is 0. The molecule has 14 heavy (non-hydrogen) atoms. The fourth-order valence-electron chi connectivity index (χ4n) is 1.03. The summed E-state index contributed by atoms with van der Waals surface area (Å²) in [5, 5.41) is 14.5. The first kappa shape index (κ1) is 10.2. The number of hydrogen-bond donors (Lipinski definition) is 2. The van der Waals surface area contributed by atoms with Gasteiger partial charge in [-0.2, -0.15) is 5.10 Å². The third-order valence-corrected chi connectivity index (χ3v) is 1.78. The van der Waals surface area contributed by atoms with Crippen LogP contribution in [0.4, 0.5) is 0 Å². The molecule has 0 aliphatic heterocycles. The lowest BCUT2D eigenvalue weighted by atomic mass is 10.3. The molecular weight excluding hydrogens is 186 g/mol. The highest BCUT2D eigenvalue weighted by Gasteiger charge is 2.09. The molecule has 1 amide bonds. The van der Waals surface area contributed by atoms with E-state index in [2.05, 4.69) is 10.4 Å². The van der Waals surface area contributed by atoms with E-state index in [0.29, 0.717) is 13.0 Å². The molecule has 1 aromatic heterocycles. The molecule has 0 saturated carbocycles. The lowest BCUT2D eigenvalue weighted by molar-refractivity contribution is -0.150. The van der Waals surface area contributed by atoms with Gasteiger partial charge in [0.25, 0.3) is 0 Å². The molecule has 2 N–H and O–H groups in total. The predicted molar refractivity (Wildman–Crippen MR) is 47.6 cm³/mol. The van der Waals surface area contributed by atoms with Crippen LogP contribution in [0.15, 0.2) is 12.3 Å². The number of nitrogens with zero attached hydrogens (tertiary/aromatic N) is 2. The largest absolute Gasteiger partial charge is 0.474 e. The van der Waals surface area contributed by atoms with Gasteiger partial charge in [0.1, 0.15) is 0 Å². The topological polar surface area (TPSA) is 84.2 Å². The lowest BCUT2D eigenvalue weighted by Crippen LogP contribution is -2.32. The summed E-state index contributed by atoms with van der Waals surface area (Å²) in [7, 11) is 1.79. The van der Waals surface area contributed by atoms with Crippen molar-refractivity contribution in [2.45, 2.75) is 6.42 Å². The monoisotopic (exact) mass is 197 g/mol. The Morgan fingerprint density at radius 2 is 2.36 bits per heavy atom. The van der Waals surface area contributed by atoms with Crippen LogP contribution < -0.4 is 5.32 Å². The second kappa shape index (κ2) is 4.40. The fourth-order valence-corrected chi connectivity index (χ4v) is 1.03. The van der Waals surface area contributed by atoms with Crippen molar-refractivity contribution in [1.29, 1.82) is 0 Å². The van der Waals surface area contributed by atoms with E-state index < -0.39 is 11.9 Å². The number of carboxylic acids is 1. The zero-order valence-electron chi connectivity index (χ0n) is 7.73. The normalized spacial score (nSPS) is 9.79. The van der Waals surface area contributed by atoms with Crippen LogP contribution in [0.5, 0.6) is 0 Å². The maximum atomic E-state index is 10.6. The highest BCUT2D eigenvalue weighted by atomic mass is 16.4. The van der Waals surface area contributed by atoms with Crippen molar-refractivity contribution < 1.29 is 14.7 Å². The average Bonchev–Trinajstić information content (AvgIpc) is 2.51. The number of carboxylic acid groups (broad SMARTS) is 1. The van der Waals surface area contributed by atoms with E-state index in [-0.39, 0.29) is 0 Å². The molecule has 0 bridgehead atoms. The van der Waals surface area contributed by atoms with Crippen molar-refractivity contribution in [3.05, 3.63) is 18.0 Å². The standard InChI is InChI=1S/C8H11N3O3/c1-11-6(3-5-10-11)2-4-9-7(12)8(13)14/h3,5H,2,4H2,1H3,(H,9,12)(H,13,14). The van der Waals surface area contributed by atoms with Gasteiger partial charge in [-0.05, 0) is 6.07 Å². The smallest absolute Gasteiger partial charge is 0.394 e. The zero-order valence-corrected chi connectivity index (χ0v) is 7.73. The Kier molecular flexibility index (Phi) is 3.22. The Balaban J connectivity index is 2.32. The molecule has 0 aliphatic rings. The highest BCUT2D eigenvalue weighted by Crippen LogP contribution is 1.95. The van der Waals surface area contributed by atoms with E-state index in [1.165, 1.54) is 0 Å². The summed E-state index contributed by atoms with van der Waals surface area (Å²) in [6, 6.07) is 1.81. The number of hydrogen-bond acceptors (Lipinski definition) is 3. The van der Waals surface area contributed by atoms with Gasteiger partial charge in [0.15, 0.2) is 0 Å². The third kappa shape index (κ3) is 2.58. The Hall–Kier alpha value is -1.85. The Bertz CT molecular complexity index is 345. The molecule has 0 atom stereocenters. The number of aliphatic carboxylic acids is 1. The summed E-state index contributed by atoms with van der Waals surface area (Å²) in [4.78, 5) is 20.8. The van der Waals surface area contributed by atoms with Gasteiger partial charge in [0, 0.05) is 31.9 Å². The number of rotatable bonds is 3. The SMILES string of the molecule is Cn1nccc1CCNC(=O)C(=O)O. The Morgan fingerprint density at radius 3 is 2.86 bits per heavy atom. The lowest BCUT2D eigenvalue weighted by Gasteiger charge is -2.02. The van der Waals surface area contributed by atoms with Crippen molar-refractivity contribution in [2.75, 3.05) is 6.54 Å². The first-order valence-corrected chi connectivity index (χ1v) is 4.09. The Labute approximate surface area is 80.5 Å². The molecule has 0 unspecified atom stereocenters. The second-order valence-corrected chi connectivity index (χ2v) is 2.76. The summed E-state index contributed by atoms with van der Waals surface area (Å²) in [6.07, 6.45) is 2.21. The van der Waals surface area contributed by atoms with E-state index >= 15 is 0 Å².